The normalized spacial score (nSPS) is 18.7. The van der Waals surface area contributed by atoms with Crippen LogP contribution in [0.3, 0.4) is 0 Å². The van der Waals surface area contributed by atoms with E-state index < -0.39 is 5.25 Å². The molecule has 0 radical (unpaired) electrons. The molecule has 2 atom stereocenters. The molecule has 2 aliphatic heterocycles. The summed E-state index contributed by atoms with van der Waals surface area (Å²) in [5, 5.41) is 9.45. The highest BCUT2D eigenvalue weighted by atomic mass is 32.2. The number of hydrogen-bond acceptors (Lipinski definition) is 7. The molecular weight excluding hydrogens is 500 g/mol. The second kappa shape index (κ2) is 11.1. The Morgan fingerprint density at radius 2 is 1.61 bits per heavy atom. The third kappa shape index (κ3) is 5.57. The molecule has 2 aliphatic rings. The quantitative estimate of drug-likeness (QED) is 0.454. The lowest BCUT2D eigenvalue weighted by atomic mass is 9.98. The zero-order chi connectivity index (χ0) is 26.6. The average molecular weight is 529 g/mol. The van der Waals surface area contributed by atoms with Crippen LogP contribution in [0.2, 0.25) is 0 Å². The summed E-state index contributed by atoms with van der Waals surface area (Å²) < 4.78 is 10.5. The van der Waals surface area contributed by atoms with Gasteiger partial charge >= 0.3 is 0 Å². The molecule has 2 unspecified atom stereocenters. The van der Waals surface area contributed by atoms with Gasteiger partial charge in [0.15, 0.2) is 5.17 Å². The Kier molecular flexibility index (Phi) is 7.46. The van der Waals surface area contributed by atoms with E-state index in [0.717, 1.165) is 22.6 Å². The number of nitrogens with zero attached hydrogens (tertiary/aromatic N) is 3. The number of carbonyl (C=O) groups excluding carboxylic acids is 2. The Morgan fingerprint density at radius 3 is 2.24 bits per heavy atom. The highest BCUT2D eigenvalue weighted by Gasteiger charge is 2.39. The number of thioether (sulfide) groups is 1. The molecule has 38 heavy (non-hydrogen) atoms. The summed E-state index contributed by atoms with van der Waals surface area (Å²) in [7, 11) is 3.22. The number of anilines is 1. The number of rotatable bonds is 7. The number of hydrogen-bond donors (Lipinski definition) is 1. The molecule has 2 amide bonds. The summed E-state index contributed by atoms with van der Waals surface area (Å²) in [5.41, 5.74) is 4.80. The Labute approximate surface area is 225 Å². The van der Waals surface area contributed by atoms with E-state index in [1.807, 2.05) is 36.2 Å². The Balaban J connectivity index is 1.33. The molecule has 9 heteroatoms. The number of aliphatic imine (C=N–C) groups is 1. The van der Waals surface area contributed by atoms with Gasteiger partial charge in [0.25, 0.3) is 5.91 Å². The molecule has 0 spiro atoms. The third-order valence-corrected chi connectivity index (χ3v) is 7.61. The Morgan fingerprint density at radius 1 is 0.974 bits per heavy atom. The fraction of sp³-hybridized carbons (Fsp3) is 0.241. The van der Waals surface area contributed by atoms with E-state index in [1.54, 1.807) is 38.5 Å². The van der Waals surface area contributed by atoms with Gasteiger partial charge in [0.2, 0.25) is 5.91 Å². The minimum atomic E-state index is -0.613. The zero-order valence-corrected chi connectivity index (χ0v) is 22.2. The number of amides is 2. The van der Waals surface area contributed by atoms with Gasteiger partial charge < -0.3 is 14.8 Å². The van der Waals surface area contributed by atoms with Crippen molar-refractivity contribution in [2.24, 2.45) is 10.1 Å². The maximum Gasteiger partial charge on any atom is 0.262 e. The van der Waals surface area contributed by atoms with E-state index in [1.165, 1.54) is 17.3 Å². The Bertz CT molecular complexity index is 1390. The molecular formula is C29H28N4O4S. The molecule has 0 bridgehead atoms. The fourth-order valence-corrected chi connectivity index (χ4v) is 5.41. The minimum absolute atomic E-state index is 0.0120. The monoisotopic (exact) mass is 528 g/mol. The lowest BCUT2D eigenvalue weighted by Gasteiger charge is -2.23. The Hall–Kier alpha value is -4.11. The summed E-state index contributed by atoms with van der Waals surface area (Å²) in [6.07, 6.45) is 0.671. The lowest BCUT2D eigenvalue weighted by molar-refractivity contribution is -0.121. The average Bonchev–Trinajstić information content (AvgIpc) is 3.53. The van der Waals surface area contributed by atoms with E-state index in [4.69, 9.17) is 14.6 Å². The number of benzene rings is 3. The first-order valence-electron chi connectivity index (χ1n) is 12.2. The highest BCUT2D eigenvalue weighted by Crippen LogP contribution is 2.39. The second-order valence-electron chi connectivity index (χ2n) is 9.07. The first-order valence-corrected chi connectivity index (χ1v) is 13.1. The largest absolute Gasteiger partial charge is 0.497 e. The van der Waals surface area contributed by atoms with Gasteiger partial charge in [-0.1, -0.05) is 53.7 Å². The van der Waals surface area contributed by atoms with Gasteiger partial charge in [-0.25, -0.2) is 5.01 Å². The molecule has 1 N–H and O–H groups in total. The van der Waals surface area contributed by atoms with E-state index >= 15 is 0 Å². The molecule has 2 heterocycles. The highest BCUT2D eigenvalue weighted by molar-refractivity contribution is 8.15. The van der Waals surface area contributed by atoms with Crippen molar-refractivity contribution in [3.05, 3.63) is 89.5 Å². The molecule has 0 saturated heterocycles. The molecule has 0 saturated carbocycles. The predicted octanol–water partition coefficient (Wildman–Crippen LogP) is 5.19. The second-order valence-corrected chi connectivity index (χ2v) is 10.2. The van der Waals surface area contributed by atoms with Crippen molar-refractivity contribution in [1.29, 1.82) is 0 Å². The number of hydrazone groups is 1. The van der Waals surface area contributed by atoms with Crippen LogP contribution in [0.4, 0.5) is 5.69 Å². The van der Waals surface area contributed by atoms with E-state index in [0.29, 0.717) is 23.0 Å². The smallest absolute Gasteiger partial charge is 0.262 e. The predicted molar refractivity (Wildman–Crippen MR) is 150 cm³/mol. The van der Waals surface area contributed by atoms with Crippen LogP contribution in [-0.2, 0) is 9.59 Å². The molecule has 5 rings (SSSR count). The summed E-state index contributed by atoms with van der Waals surface area (Å²) >= 11 is 1.28. The molecule has 194 valence electrons. The zero-order valence-electron chi connectivity index (χ0n) is 21.4. The van der Waals surface area contributed by atoms with E-state index in [2.05, 4.69) is 34.6 Å². The minimum Gasteiger partial charge on any atom is -0.497 e. The summed E-state index contributed by atoms with van der Waals surface area (Å²) in [6.45, 7) is 2.05. The van der Waals surface area contributed by atoms with E-state index in [-0.39, 0.29) is 24.3 Å². The van der Waals surface area contributed by atoms with Gasteiger partial charge in [-0.2, -0.15) is 10.1 Å². The van der Waals surface area contributed by atoms with Crippen molar-refractivity contribution in [3.8, 4) is 11.5 Å². The first kappa shape index (κ1) is 25.5. The van der Waals surface area contributed by atoms with Crippen LogP contribution in [0.1, 0.15) is 35.6 Å². The maximum atomic E-state index is 12.8. The number of carbonyl (C=O) groups is 2. The fourth-order valence-electron chi connectivity index (χ4n) is 4.35. The molecule has 3 aromatic rings. The van der Waals surface area contributed by atoms with Crippen molar-refractivity contribution in [3.63, 3.8) is 0 Å². The van der Waals surface area contributed by atoms with Gasteiger partial charge in [0, 0.05) is 18.5 Å². The van der Waals surface area contributed by atoms with Crippen LogP contribution in [0.5, 0.6) is 11.5 Å². The SMILES string of the molecule is COc1ccc(NC(=O)CC2SC(N3N=C(c4ccc(C)cc4)CC3c3ccc(OC)cc3)=NC2=O)cc1. The van der Waals surface area contributed by atoms with Crippen molar-refractivity contribution >= 4 is 40.1 Å². The van der Waals surface area contributed by atoms with E-state index in [9.17, 15) is 9.59 Å². The summed E-state index contributed by atoms with van der Waals surface area (Å²) in [4.78, 5) is 29.9. The van der Waals surface area contributed by atoms with Crippen molar-refractivity contribution in [2.75, 3.05) is 19.5 Å². The van der Waals surface area contributed by atoms with Crippen molar-refractivity contribution in [1.82, 2.24) is 5.01 Å². The van der Waals surface area contributed by atoms with Crippen LogP contribution in [-0.4, -0.2) is 47.2 Å². The van der Waals surface area contributed by atoms with Gasteiger partial charge in [-0.05, 0) is 54.4 Å². The standard InChI is InChI=1S/C29H28N4O4S/c1-18-4-6-19(7-5-18)24-16-25(20-8-12-22(36-2)13-9-20)33(32-24)29-31-28(35)26(38-29)17-27(34)30-21-10-14-23(37-3)15-11-21/h4-15,25-26H,16-17H2,1-3H3,(H,30,34). The van der Waals surface area contributed by atoms with Crippen LogP contribution in [0.15, 0.2) is 82.9 Å². The maximum absolute atomic E-state index is 12.8. The van der Waals surface area contributed by atoms with Crippen LogP contribution in [0, 0.1) is 6.92 Å². The topological polar surface area (TPSA) is 92.6 Å². The lowest BCUT2D eigenvalue weighted by Crippen LogP contribution is -2.25. The van der Waals surface area contributed by atoms with Gasteiger partial charge in [0.05, 0.1) is 26.0 Å². The number of nitrogens with one attached hydrogen (secondary N) is 1. The first-order chi connectivity index (χ1) is 18.4. The van der Waals surface area contributed by atoms with Gasteiger partial charge in [-0.3, -0.25) is 9.59 Å². The molecule has 0 fully saturated rings. The number of ether oxygens (including phenoxy) is 2. The summed E-state index contributed by atoms with van der Waals surface area (Å²) in [5.74, 6) is 0.880. The van der Waals surface area contributed by atoms with Crippen molar-refractivity contribution < 1.29 is 19.1 Å². The number of methoxy groups -OCH3 is 2. The van der Waals surface area contributed by atoms with Gasteiger partial charge in [0.1, 0.15) is 16.7 Å². The number of amidine groups is 1. The molecule has 0 aliphatic carbocycles. The third-order valence-electron chi connectivity index (χ3n) is 6.47. The summed E-state index contributed by atoms with van der Waals surface area (Å²) in [6, 6.07) is 23.0. The molecule has 0 aromatic heterocycles. The molecule has 8 nitrogen and oxygen atoms in total. The van der Waals surface area contributed by atoms with Gasteiger partial charge in [-0.15, -0.1) is 0 Å². The van der Waals surface area contributed by atoms with Crippen LogP contribution in [0.25, 0.3) is 0 Å². The van der Waals surface area contributed by atoms with Crippen LogP contribution < -0.4 is 14.8 Å². The van der Waals surface area contributed by atoms with Crippen molar-refractivity contribution in [2.45, 2.75) is 31.1 Å². The molecule has 3 aromatic carbocycles. The van der Waals surface area contributed by atoms with Crippen LogP contribution >= 0.6 is 11.8 Å². The number of aryl methyl sites for hydroxylation is 1.